The van der Waals surface area contributed by atoms with Gasteiger partial charge in [0.2, 0.25) is 0 Å². The van der Waals surface area contributed by atoms with Crippen molar-refractivity contribution < 1.29 is 77.1 Å². The number of sulfone groups is 1. The second kappa shape index (κ2) is 25.5. The highest BCUT2D eigenvalue weighted by atomic mass is 32.2. The molecule has 3 aromatic rings. The van der Waals surface area contributed by atoms with Crippen LogP contribution in [0.2, 0.25) is 0 Å². The Morgan fingerprint density at radius 3 is 1.68 bits per heavy atom. The first kappa shape index (κ1) is 62.3. The highest BCUT2D eigenvalue weighted by Crippen LogP contribution is 2.61. The molecule has 7 aliphatic carbocycles. The highest BCUT2D eigenvalue weighted by Gasteiger charge is 2.64. The summed E-state index contributed by atoms with van der Waals surface area (Å²) in [6, 6.07) is 28.5. The van der Waals surface area contributed by atoms with Gasteiger partial charge in [-0.05, 0) is 157 Å². The Balaban J connectivity index is 0.000000158. The lowest BCUT2D eigenvalue weighted by molar-refractivity contribution is -0.207. The zero-order valence-electron chi connectivity index (χ0n) is 45.6. The molecule has 7 saturated carbocycles. The van der Waals surface area contributed by atoms with Gasteiger partial charge in [0.25, 0.3) is 0 Å². The van der Waals surface area contributed by atoms with E-state index in [0.29, 0.717) is 33.8 Å². The molecule has 5 unspecified atom stereocenters. The number of hydrogen-bond acceptors (Lipinski definition) is 13. The largest absolute Gasteiger partial charge is 0.743 e. The van der Waals surface area contributed by atoms with Crippen molar-refractivity contribution in [2.75, 3.05) is 6.61 Å². The number of esters is 4. The van der Waals surface area contributed by atoms with Crippen LogP contribution < -0.4 is 0 Å². The van der Waals surface area contributed by atoms with Crippen molar-refractivity contribution in [3.05, 3.63) is 121 Å². The molecule has 436 valence electrons. The summed E-state index contributed by atoms with van der Waals surface area (Å²) in [7, 11) is -10.00. The predicted molar refractivity (Wildman–Crippen MR) is 291 cm³/mol. The zero-order valence-corrected chi connectivity index (χ0v) is 48.1. The summed E-state index contributed by atoms with van der Waals surface area (Å²) in [6.45, 7) is 16.0. The summed E-state index contributed by atoms with van der Waals surface area (Å²) in [5.41, 5.74) is 0.616. The van der Waals surface area contributed by atoms with E-state index in [1.54, 1.807) is 13.8 Å². The summed E-state index contributed by atoms with van der Waals surface area (Å²) in [5.74, 6) is -3.20. The molecule has 0 amide bonds. The number of benzene rings is 3. The van der Waals surface area contributed by atoms with Crippen molar-refractivity contribution >= 4 is 54.7 Å². The summed E-state index contributed by atoms with van der Waals surface area (Å²) in [5, 5.41) is -5.98. The van der Waals surface area contributed by atoms with Gasteiger partial charge in [-0.2, -0.15) is 17.6 Å². The summed E-state index contributed by atoms with van der Waals surface area (Å²) in [4.78, 5) is 49.7. The van der Waals surface area contributed by atoms with E-state index in [9.17, 15) is 58.1 Å². The number of hydrogen-bond donors (Lipinski definition) is 0. The third-order valence-corrected chi connectivity index (χ3v) is 22.2. The third kappa shape index (κ3) is 13.6. The molecule has 8 fully saturated rings. The Labute approximate surface area is 470 Å². The number of ether oxygens (including phenoxy) is 4. The number of carbonyl (C=O) groups excluding carboxylic acids is 4. The molecule has 1 heterocycles. The highest BCUT2D eigenvalue weighted by molar-refractivity contribution is 7.97. The Hall–Kier alpha value is -5.31. The van der Waals surface area contributed by atoms with E-state index >= 15 is 0 Å². The maximum Gasteiger partial charge on any atom is 0.396 e. The Kier molecular flexibility index (Phi) is 19.8. The molecule has 13 nitrogen and oxygen atoms in total. The standard InChI is InChI=1S/C24H25O2S2.C16H24O2.C12H14O4.C8H10F4O5S/c25-28(26,23-14-8-3-9-15-23)24-18-16-22(17-19-24)27(20-10-4-1-5-11-20)21-12-6-2-7-13-21;1-4-16(18-15(17)10(2)3)13-6-11-5-12(8-13)9-14(16)7-11;1-5(2)11(13)15-9-6-3-7-8(4-6)12(14)16-10(7)9;1-5(2)6(13)17-4-3-7(9,10)8(11,12)18(14,15)16/h1-2,4-7,10-13,16-19,23H,3,8-9,14-15H2;11-14H,2,4-9H2,1,3H3;6-10H,1,3-4H2,2H3;1,3-4H2,2H3,(H,14,15,16)/q+1;;;/p-1. The fraction of sp³-hybridized carbons (Fsp3) is 0.533. The van der Waals surface area contributed by atoms with Crippen LogP contribution in [0, 0.1) is 41.4 Å². The van der Waals surface area contributed by atoms with E-state index in [-0.39, 0.29) is 69.3 Å². The maximum absolute atomic E-state index is 13.0. The summed E-state index contributed by atoms with van der Waals surface area (Å²) >= 11 is 0. The molecule has 6 bridgehead atoms. The molecule has 1 saturated heterocycles. The topological polar surface area (TPSA) is 197 Å². The normalized spacial score (nSPS) is 27.2. The van der Waals surface area contributed by atoms with Crippen LogP contribution in [0.3, 0.4) is 0 Å². The van der Waals surface area contributed by atoms with Crippen molar-refractivity contribution in [3.63, 3.8) is 0 Å². The van der Waals surface area contributed by atoms with Crippen LogP contribution in [0.15, 0.2) is 141 Å². The predicted octanol–water partition coefficient (Wildman–Crippen LogP) is 11.9. The maximum atomic E-state index is 13.0. The molecule has 8 aliphatic rings. The number of alkyl halides is 4. The van der Waals surface area contributed by atoms with Crippen molar-refractivity contribution in [2.24, 2.45) is 41.4 Å². The number of rotatable bonds is 16. The summed E-state index contributed by atoms with van der Waals surface area (Å²) < 4.78 is 128. The fourth-order valence-electron chi connectivity index (χ4n) is 12.9. The van der Waals surface area contributed by atoms with Gasteiger partial charge in [0.05, 0.1) is 40.0 Å². The van der Waals surface area contributed by atoms with Gasteiger partial charge < -0.3 is 23.5 Å². The number of carbonyl (C=O) groups is 4. The minimum Gasteiger partial charge on any atom is -0.743 e. The van der Waals surface area contributed by atoms with Crippen LogP contribution in [0.1, 0.15) is 118 Å². The number of fused-ring (bicyclic) bond motifs is 1. The van der Waals surface area contributed by atoms with Crippen LogP contribution in [0.4, 0.5) is 17.6 Å². The van der Waals surface area contributed by atoms with Crippen LogP contribution in [0.25, 0.3) is 0 Å². The lowest BCUT2D eigenvalue weighted by atomic mass is 9.49. The first-order valence-electron chi connectivity index (χ1n) is 27.3. The molecule has 0 spiro atoms. The average molecular weight is 1170 g/mol. The van der Waals surface area contributed by atoms with E-state index in [0.717, 1.165) is 68.1 Å². The first-order chi connectivity index (χ1) is 37.6. The lowest BCUT2D eigenvalue weighted by Crippen LogP contribution is -2.59. The molecule has 5 atom stereocenters. The molecule has 11 rings (SSSR count). The minimum atomic E-state index is -6.52. The molecule has 80 heavy (non-hydrogen) atoms. The van der Waals surface area contributed by atoms with E-state index in [1.165, 1.54) is 48.8 Å². The molecule has 0 radical (unpaired) electrons. The van der Waals surface area contributed by atoms with Crippen molar-refractivity contribution in [3.8, 4) is 0 Å². The van der Waals surface area contributed by atoms with E-state index in [1.807, 2.05) is 36.4 Å². The zero-order chi connectivity index (χ0) is 58.5. The molecule has 1 aliphatic heterocycles. The van der Waals surface area contributed by atoms with Crippen molar-refractivity contribution in [2.45, 2.75) is 171 Å². The van der Waals surface area contributed by atoms with Crippen LogP contribution in [-0.2, 0) is 69.0 Å². The fourth-order valence-corrected chi connectivity index (χ4v) is 17.3. The second-order valence-electron chi connectivity index (χ2n) is 22.4. The molecular formula is C60H72F4O13S3. The average Bonchev–Trinajstić information content (AvgIpc) is 4.11. The lowest BCUT2D eigenvalue weighted by Gasteiger charge is -2.60. The van der Waals surface area contributed by atoms with Crippen molar-refractivity contribution in [1.82, 2.24) is 0 Å². The quantitative estimate of drug-likeness (QED) is 0.0328. The molecule has 3 aromatic carbocycles. The van der Waals surface area contributed by atoms with E-state index in [2.05, 4.69) is 79.9 Å². The molecule has 20 heteroatoms. The van der Waals surface area contributed by atoms with Crippen LogP contribution >= 0.6 is 0 Å². The van der Waals surface area contributed by atoms with Gasteiger partial charge in [-0.25, -0.2) is 31.2 Å². The second-order valence-corrected chi connectivity index (χ2v) is 28.1. The SMILES string of the molecule is C=C(C)C(=O)OC1(CC)C2CC3CC(C2)CC1C3.C=C(C)C(=O)OC1C2CC3C(=O)OC1C3C2.C=C(C)C(=O)OCCC(F)(F)C(F)(F)S(=O)(=O)[O-].O=S(=O)(c1ccc([S+](c2ccccc2)c2ccccc2)cc1)C1CCCCC1. The Morgan fingerprint density at radius 1 is 0.700 bits per heavy atom. The van der Waals surface area contributed by atoms with Gasteiger partial charge in [-0.1, -0.05) is 82.3 Å². The van der Waals surface area contributed by atoms with E-state index < -0.39 is 50.1 Å². The Bertz CT molecular complexity index is 2910. The molecule has 0 N–H and O–H groups in total. The van der Waals surface area contributed by atoms with Gasteiger partial charge in [0.1, 0.15) is 17.8 Å². The Morgan fingerprint density at radius 2 is 1.20 bits per heavy atom. The van der Waals surface area contributed by atoms with Crippen molar-refractivity contribution in [1.29, 1.82) is 0 Å². The van der Waals surface area contributed by atoms with Gasteiger partial charge in [-0.15, -0.1) is 0 Å². The third-order valence-electron chi connectivity index (χ3n) is 16.8. The van der Waals surface area contributed by atoms with E-state index in [4.69, 9.17) is 14.2 Å². The minimum absolute atomic E-state index is 0.0646. The molecular weight excluding hydrogens is 1100 g/mol. The first-order valence-corrected chi connectivity index (χ1v) is 31.5. The van der Waals surface area contributed by atoms with Gasteiger partial charge in [0, 0.05) is 28.6 Å². The number of halogens is 4. The van der Waals surface area contributed by atoms with Gasteiger partial charge >= 0.3 is 35.1 Å². The van der Waals surface area contributed by atoms with Crippen LogP contribution in [-0.4, -0.2) is 86.1 Å². The summed E-state index contributed by atoms with van der Waals surface area (Å²) in [6.07, 6.45) is 11.8. The molecule has 0 aromatic heterocycles. The van der Waals surface area contributed by atoms with Crippen LogP contribution in [0.5, 0.6) is 0 Å². The monoisotopic (exact) mass is 1170 g/mol. The smallest absolute Gasteiger partial charge is 0.396 e. The van der Waals surface area contributed by atoms with Gasteiger partial charge in [0.15, 0.2) is 34.6 Å². The van der Waals surface area contributed by atoms with Gasteiger partial charge in [-0.3, -0.25) is 4.79 Å².